The van der Waals surface area contributed by atoms with Gasteiger partial charge in [0, 0.05) is 4.90 Å². The summed E-state index contributed by atoms with van der Waals surface area (Å²) in [4.78, 5) is 13.7. The van der Waals surface area contributed by atoms with E-state index < -0.39 is 0 Å². The molecule has 1 aliphatic rings. The molecule has 0 aromatic heterocycles. The van der Waals surface area contributed by atoms with Crippen LogP contribution in [0, 0.1) is 6.92 Å². The van der Waals surface area contributed by atoms with Crippen LogP contribution in [0.3, 0.4) is 0 Å². The number of hydrogen-bond acceptors (Lipinski definition) is 2. The molecule has 1 amide bonds. The molecule has 2 nitrogen and oxygen atoms in total. The fourth-order valence-electron chi connectivity index (χ4n) is 2.79. The number of thioether (sulfide) groups is 1. The van der Waals surface area contributed by atoms with Crippen LogP contribution in [0.5, 0.6) is 0 Å². The van der Waals surface area contributed by atoms with E-state index in [-0.39, 0.29) is 17.2 Å². The molecule has 108 valence electrons. The van der Waals surface area contributed by atoms with Crippen molar-refractivity contribution < 1.29 is 4.79 Å². The standard InChI is InChI=1S/C18H19NOS/c1-12-7-3-5-9-15(12)13(2)19-18(20)17-11-14-8-4-6-10-16(14)21-17/h3-10,13,17H,11H2,1-2H3,(H,19,20). The highest BCUT2D eigenvalue weighted by Crippen LogP contribution is 2.37. The lowest BCUT2D eigenvalue weighted by molar-refractivity contribution is -0.121. The minimum Gasteiger partial charge on any atom is -0.349 e. The van der Waals surface area contributed by atoms with E-state index in [4.69, 9.17) is 0 Å². The maximum Gasteiger partial charge on any atom is 0.234 e. The van der Waals surface area contributed by atoms with Crippen molar-refractivity contribution in [3.63, 3.8) is 0 Å². The summed E-state index contributed by atoms with van der Waals surface area (Å²) in [5, 5.41) is 3.15. The molecule has 1 N–H and O–H groups in total. The van der Waals surface area contributed by atoms with E-state index in [2.05, 4.69) is 36.5 Å². The first-order chi connectivity index (χ1) is 10.1. The van der Waals surface area contributed by atoms with Gasteiger partial charge in [-0.15, -0.1) is 11.8 Å². The largest absolute Gasteiger partial charge is 0.349 e. The lowest BCUT2D eigenvalue weighted by Crippen LogP contribution is -2.34. The third kappa shape index (κ3) is 2.98. The summed E-state index contributed by atoms with van der Waals surface area (Å²) < 4.78 is 0. The molecule has 0 fully saturated rings. The highest BCUT2D eigenvalue weighted by molar-refractivity contribution is 8.01. The van der Waals surface area contributed by atoms with E-state index in [0.717, 1.165) is 6.42 Å². The van der Waals surface area contributed by atoms with Crippen molar-refractivity contribution in [3.05, 3.63) is 65.2 Å². The normalized spacial score (nSPS) is 18.1. The van der Waals surface area contributed by atoms with Gasteiger partial charge in [0.15, 0.2) is 0 Å². The molecule has 21 heavy (non-hydrogen) atoms. The first-order valence-electron chi connectivity index (χ1n) is 7.25. The summed E-state index contributed by atoms with van der Waals surface area (Å²) in [6.07, 6.45) is 0.827. The van der Waals surface area contributed by atoms with Crippen molar-refractivity contribution in [2.75, 3.05) is 0 Å². The number of carbonyl (C=O) groups excluding carboxylic acids is 1. The zero-order chi connectivity index (χ0) is 14.8. The molecule has 3 heteroatoms. The molecular formula is C18H19NOS. The number of nitrogens with one attached hydrogen (secondary N) is 1. The van der Waals surface area contributed by atoms with E-state index >= 15 is 0 Å². The minimum atomic E-state index is -0.00568. The molecule has 0 aliphatic carbocycles. The quantitative estimate of drug-likeness (QED) is 0.931. The fourth-order valence-corrected chi connectivity index (χ4v) is 3.99. The van der Waals surface area contributed by atoms with Crippen LogP contribution in [0.4, 0.5) is 0 Å². The minimum absolute atomic E-state index is 0.00568. The van der Waals surface area contributed by atoms with Gasteiger partial charge in [0.2, 0.25) is 5.91 Å². The predicted molar refractivity (Wildman–Crippen MR) is 87.5 cm³/mol. The molecule has 0 saturated carbocycles. The van der Waals surface area contributed by atoms with Crippen molar-refractivity contribution in [2.24, 2.45) is 0 Å². The van der Waals surface area contributed by atoms with Crippen molar-refractivity contribution >= 4 is 17.7 Å². The Bertz CT molecular complexity index is 643. The summed E-state index contributed by atoms with van der Waals surface area (Å²) in [7, 11) is 0. The topological polar surface area (TPSA) is 29.1 Å². The Kier molecular flexibility index (Phi) is 4.02. The predicted octanol–water partition coefficient (Wildman–Crippen LogP) is 3.89. The van der Waals surface area contributed by atoms with Crippen LogP contribution < -0.4 is 5.32 Å². The summed E-state index contributed by atoms with van der Waals surface area (Å²) in [6.45, 7) is 4.13. The lowest BCUT2D eigenvalue weighted by atomic mass is 10.0. The molecule has 2 unspecified atom stereocenters. The molecule has 1 aliphatic heterocycles. The van der Waals surface area contributed by atoms with Crippen LogP contribution in [-0.4, -0.2) is 11.2 Å². The molecule has 0 spiro atoms. The van der Waals surface area contributed by atoms with Gasteiger partial charge in [-0.1, -0.05) is 42.5 Å². The van der Waals surface area contributed by atoms with Gasteiger partial charge in [-0.05, 0) is 43.0 Å². The fraction of sp³-hybridized carbons (Fsp3) is 0.278. The molecule has 2 atom stereocenters. The second kappa shape index (κ2) is 5.94. The molecule has 2 aromatic carbocycles. The number of amides is 1. The van der Waals surface area contributed by atoms with E-state index in [1.807, 2.05) is 31.2 Å². The Hall–Kier alpha value is -1.74. The number of aryl methyl sites for hydroxylation is 1. The molecule has 2 aromatic rings. The van der Waals surface area contributed by atoms with Gasteiger partial charge in [-0.2, -0.15) is 0 Å². The van der Waals surface area contributed by atoms with Crippen molar-refractivity contribution in [3.8, 4) is 0 Å². The number of fused-ring (bicyclic) bond motifs is 1. The van der Waals surface area contributed by atoms with Gasteiger partial charge in [-0.25, -0.2) is 0 Å². The third-order valence-electron chi connectivity index (χ3n) is 3.95. The molecule has 0 bridgehead atoms. The summed E-state index contributed by atoms with van der Waals surface area (Å²) in [5.41, 5.74) is 3.69. The molecule has 1 heterocycles. The highest BCUT2D eigenvalue weighted by atomic mass is 32.2. The molecular weight excluding hydrogens is 278 g/mol. The maximum atomic E-state index is 12.5. The summed E-state index contributed by atoms with van der Waals surface area (Å²) in [6, 6.07) is 16.5. The van der Waals surface area contributed by atoms with Crippen molar-refractivity contribution in [1.29, 1.82) is 0 Å². The number of carbonyl (C=O) groups is 1. The Morgan fingerprint density at radius 1 is 1.19 bits per heavy atom. The monoisotopic (exact) mass is 297 g/mol. The number of hydrogen-bond donors (Lipinski definition) is 1. The van der Waals surface area contributed by atoms with E-state index in [9.17, 15) is 4.79 Å². The van der Waals surface area contributed by atoms with Crippen LogP contribution in [0.2, 0.25) is 0 Å². The van der Waals surface area contributed by atoms with Crippen molar-refractivity contribution in [2.45, 2.75) is 36.5 Å². The zero-order valence-electron chi connectivity index (χ0n) is 12.3. The van der Waals surface area contributed by atoms with Gasteiger partial charge < -0.3 is 5.32 Å². The molecule has 0 saturated heterocycles. The Morgan fingerprint density at radius 3 is 2.67 bits per heavy atom. The van der Waals surface area contributed by atoms with Crippen LogP contribution >= 0.6 is 11.8 Å². The second-order valence-electron chi connectivity index (χ2n) is 5.51. The van der Waals surface area contributed by atoms with E-state index in [1.165, 1.54) is 21.6 Å². The van der Waals surface area contributed by atoms with Gasteiger partial charge in [-0.3, -0.25) is 4.79 Å². The molecule has 3 rings (SSSR count). The van der Waals surface area contributed by atoms with Crippen LogP contribution in [0.15, 0.2) is 53.4 Å². The van der Waals surface area contributed by atoms with E-state index in [0.29, 0.717) is 0 Å². The Morgan fingerprint density at radius 2 is 1.90 bits per heavy atom. The van der Waals surface area contributed by atoms with Crippen LogP contribution in [0.1, 0.15) is 29.7 Å². The average molecular weight is 297 g/mol. The molecule has 0 radical (unpaired) electrons. The third-order valence-corrected chi connectivity index (χ3v) is 5.27. The van der Waals surface area contributed by atoms with Crippen molar-refractivity contribution in [1.82, 2.24) is 5.32 Å². The lowest BCUT2D eigenvalue weighted by Gasteiger charge is -2.18. The smallest absolute Gasteiger partial charge is 0.234 e. The second-order valence-corrected chi connectivity index (χ2v) is 6.75. The highest BCUT2D eigenvalue weighted by Gasteiger charge is 2.28. The first kappa shape index (κ1) is 14.2. The maximum absolute atomic E-state index is 12.5. The summed E-state index contributed by atoms with van der Waals surface area (Å²) >= 11 is 1.67. The van der Waals surface area contributed by atoms with Crippen LogP contribution in [-0.2, 0) is 11.2 Å². The Labute approximate surface area is 130 Å². The van der Waals surface area contributed by atoms with E-state index in [1.54, 1.807) is 11.8 Å². The first-order valence-corrected chi connectivity index (χ1v) is 8.13. The zero-order valence-corrected chi connectivity index (χ0v) is 13.1. The van der Waals surface area contributed by atoms with Crippen LogP contribution in [0.25, 0.3) is 0 Å². The van der Waals surface area contributed by atoms with Gasteiger partial charge >= 0.3 is 0 Å². The van der Waals surface area contributed by atoms with Gasteiger partial charge in [0.1, 0.15) is 0 Å². The Balaban J connectivity index is 1.67. The average Bonchev–Trinajstić information content (AvgIpc) is 2.91. The number of benzene rings is 2. The van der Waals surface area contributed by atoms with Gasteiger partial charge in [0.25, 0.3) is 0 Å². The number of rotatable bonds is 3. The summed E-state index contributed by atoms with van der Waals surface area (Å²) in [5.74, 6) is 0.131. The van der Waals surface area contributed by atoms with Gasteiger partial charge in [0.05, 0.1) is 11.3 Å². The SMILES string of the molecule is Cc1ccccc1C(C)NC(=O)C1Cc2ccccc2S1.